The third-order valence-corrected chi connectivity index (χ3v) is 7.17. The number of rotatable bonds is 9. The molecule has 2 fully saturated rings. The first-order valence-electron chi connectivity index (χ1n) is 10.7. The van der Waals surface area contributed by atoms with Crippen LogP contribution in [0.5, 0.6) is 0 Å². The summed E-state index contributed by atoms with van der Waals surface area (Å²) in [5, 5.41) is 0. The quantitative estimate of drug-likeness (QED) is 0.337. The van der Waals surface area contributed by atoms with E-state index in [0.717, 1.165) is 24.2 Å². The summed E-state index contributed by atoms with van der Waals surface area (Å²) in [5.74, 6) is 4.02. The fourth-order valence-corrected chi connectivity index (χ4v) is 5.22. The van der Waals surface area contributed by atoms with Gasteiger partial charge in [0.25, 0.3) is 0 Å². The Morgan fingerprint density at radius 3 is 2.09 bits per heavy atom. The summed E-state index contributed by atoms with van der Waals surface area (Å²) in [5.41, 5.74) is 0. The Morgan fingerprint density at radius 2 is 1.35 bits per heavy atom. The lowest BCUT2D eigenvalue weighted by atomic mass is 9.72. The van der Waals surface area contributed by atoms with E-state index >= 15 is 0 Å². The van der Waals surface area contributed by atoms with Crippen molar-refractivity contribution < 1.29 is 4.79 Å². The molecule has 0 N–H and O–H groups in total. The second kappa shape index (κ2) is 10.5. The Kier molecular flexibility index (Phi) is 8.69. The molecule has 0 aromatic heterocycles. The Hall–Kier alpha value is -0.330. The lowest BCUT2D eigenvalue weighted by molar-refractivity contribution is -0.113. The van der Waals surface area contributed by atoms with Crippen LogP contribution in [0.1, 0.15) is 104 Å². The van der Waals surface area contributed by atoms with Crippen molar-refractivity contribution in [3.63, 3.8) is 0 Å². The molecule has 0 saturated heterocycles. The number of carbonyl (C=O) groups excluding carboxylic acids is 1. The maximum atomic E-state index is 11.1. The van der Waals surface area contributed by atoms with Crippen molar-refractivity contribution in [2.24, 2.45) is 29.6 Å². The maximum Gasteiger partial charge on any atom is 0.123 e. The van der Waals surface area contributed by atoms with Crippen LogP contribution in [0.4, 0.5) is 0 Å². The number of aldehydes is 1. The molecule has 0 radical (unpaired) electrons. The molecule has 2 aliphatic rings. The second-order valence-corrected chi connectivity index (χ2v) is 8.72. The van der Waals surface area contributed by atoms with E-state index in [-0.39, 0.29) is 0 Å². The number of hydrogen-bond donors (Lipinski definition) is 0. The normalized spacial score (nSPS) is 35.1. The minimum atomic E-state index is 0.388. The first-order valence-corrected chi connectivity index (χ1v) is 10.7. The fraction of sp³-hybridized carbons (Fsp3) is 0.955. The summed E-state index contributed by atoms with van der Waals surface area (Å²) < 4.78 is 0. The van der Waals surface area contributed by atoms with Crippen LogP contribution in [0.15, 0.2) is 0 Å². The highest BCUT2D eigenvalue weighted by atomic mass is 16.1. The summed E-state index contributed by atoms with van der Waals surface area (Å²) in [4.78, 5) is 11.1. The average Bonchev–Trinajstić information content (AvgIpc) is 2.58. The highest BCUT2D eigenvalue weighted by Crippen LogP contribution is 2.37. The molecule has 0 spiro atoms. The Labute approximate surface area is 145 Å². The standard InChI is InChI=1S/C22H40O/c1-18-11-10-16-20(19(18)2)12-6-4-3-5-7-13-21-14-8-9-15-22(21)17-23/h17-22H,3-16H2,1-2H3. The van der Waals surface area contributed by atoms with Gasteiger partial charge in [0.2, 0.25) is 0 Å². The maximum absolute atomic E-state index is 11.1. The van der Waals surface area contributed by atoms with Crippen LogP contribution in [-0.2, 0) is 4.79 Å². The Balaban J connectivity index is 1.48. The van der Waals surface area contributed by atoms with Gasteiger partial charge in [0.15, 0.2) is 0 Å². The van der Waals surface area contributed by atoms with Gasteiger partial charge < -0.3 is 4.79 Å². The van der Waals surface area contributed by atoms with Gasteiger partial charge in [-0.3, -0.25) is 0 Å². The number of unbranched alkanes of at least 4 members (excludes halogenated alkanes) is 4. The van der Waals surface area contributed by atoms with Crippen molar-refractivity contribution in [1.82, 2.24) is 0 Å². The van der Waals surface area contributed by atoms with Crippen molar-refractivity contribution in [2.75, 3.05) is 0 Å². The predicted octanol–water partition coefficient (Wildman–Crippen LogP) is 6.79. The topological polar surface area (TPSA) is 17.1 Å². The van der Waals surface area contributed by atoms with E-state index in [9.17, 15) is 4.79 Å². The van der Waals surface area contributed by atoms with Crippen molar-refractivity contribution in [3.05, 3.63) is 0 Å². The Bertz CT molecular complexity index is 324. The Morgan fingerprint density at radius 1 is 0.739 bits per heavy atom. The van der Waals surface area contributed by atoms with E-state index in [1.807, 2.05) is 0 Å². The highest BCUT2D eigenvalue weighted by Gasteiger charge is 2.26. The molecule has 0 bridgehead atoms. The van der Waals surface area contributed by atoms with E-state index in [1.165, 1.54) is 89.8 Å². The first-order chi connectivity index (χ1) is 11.2. The zero-order valence-corrected chi connectivity index (χ0v) is 15.8. The lowest BCUT2D eigenvalue weighted by Gasteiger charge is -2.34. The van der Waals surface area contributed by atoms with Crippen LogP contribution < -0.4 is 0 Å². The number of carbonyl (C=O) groups is 1. The van der Waals surface area contributed by atoms with Crippen LogP contribution in [-0.4, -0.2) is 6.29 Å². The van der Waals surface area contributed by atoms with E-state index in [0.29, 0.717) is 11.8 Å². The monoisotopic (exact) mass is 320 g/mol. The summed E-state index contributed by atoms with van der Waals surface area (Å²) in [6, 6.07) is 0. The number of hydrogen-bond acceptors (Lipinski definition) is 1. The van der Waals surface area contributed by atoms with Gasteiger partial charge >= 0.3 is 0 Å². The van der Waals surface area contributed by atoms with Crippen LogP contribution in [0.3, 0.4) is 0 Å². The highest BCUT2D eigenvalue weighted by molar-refractivity contribution is 5.54. The molecular weight excluding hydrogens is 280 g/mol. The van der Waals surface area contributed by atoms with E-state index < -0.39 is 0 Å². The molecule has 1 nitrogen and oxygen atoms in total. The molecule has 23 heavy (non-hydrogen) atoms. The lowest BCUT2D eigenvalue weighted by Crippen LogP contribution is -2.23. The van der Waals surface area contributed by atoms with E-state index in [4.69, 9.17) is 0 Å². The third kappa shape index (κ3) is 6.24. The molecule has 5 unspecified atom stereocenters. The van der Waals surface area contributed by atoms with Crippen LogP contribution in [0, 0.1) is 29.6 Å². The third-order valence-electron chi connectivity index (χ3n) is 7.17. The SMILES string of the molecule is CC1CCCC(CCCCCCCC2CCCCC2C=O)C1C. The van der Waals surface area contributed by atoms with Crippen LogP contribution in [0.2, 0.25) is 0 Å². The van der Waals surface area contributed by atoms with Crippen LogP contribution >= 0.6 is 0 Å². The van der Waals surface area contributed by atoms with Gasteiger partial charge in [-0.2, -0.15) is 0 Å². The molecule has 5 atom stereocenters. The average molecular weight is 321 g/mol. The molecule has 2 saturated carbocycles. The molecule has 2 rings (SSSR count). The molecule has 1 heteroatoms. The van der Waals surface area contributed by atoms with Gasteiger partial charge in [-0.05, 0) is 42.9 Å². The van der Waals surface area contributed by atoms with Gasteiger partial charge in [0, 0.05) is 5.92 Å². The smallest absolute Gasteiger partial charge is 0.123 e. The van der Waals surface area contributed by atoms with Crippen LogP contribution in [0.25, 0.3) is 0 Å². The fourth-order valence-electron chi connectivity index (χ4n) is 5.22. The second-order valence-electron chi connectivity index (χ2n) is 8.72. The molecular formula is C22H40O. The zero-order valence-electron chi connectivity index (χ0n) is 15.8. The van der Waals surface area contributed by atoms with Gasteiger partial charge in [0.1, 0.15) is 6.29 Å². The summed E-state index contributed by atoms with van der Waals surface area (Å²) in [6.07, 6.45) is 20.6. The first kappa shape index (κ1) is 19.0. The minimum Gasteiger partial charge on any atom is -0.303 e. The summed E-state index contributed by atoms with van der Waals surface area (Å²) in [7, 11) is 0. The van der Waals surface area contributed by atoms with Gasteiger partial charge in [0.05, 0.1) is 0 Å². The van der Waals surface area contributed by atoms with Crippen molar-refractivity contribution in [3.8, 4) is 0 Å². The van der Waals surface area contributed by atoms with E-state index in [1.54, 1.807) is 0 Å². The zero-order chi connectivity index (χ0) is 16.5. The van der Waals surface area contributed by atoms with Gasteiger partial charge in [-0.15, -0.1) is 0 Å². The van der Waals surface area contributed by atoms with E-state index in [2.05, 4.69) is 13.8 Å². The molecule has 0 heterocycles. The predicted molar refractivity (Wildman–Crippen MR) is 99.5 cm³/mol. The van der Waals surface area contributed by atoms with Gasteiger partial charge in [-0.1, -0.05) is 84.5 Å². The largest absolute Gasteiger partial charge is 0.303 e. The molecule has 2 aliphatic carbocycles. The van der Waals surface area contributed by atoms with Crippen molar-refractivity contribution in [1.29, 1.82) is 0 Å². The summed E-state index contributed by atoms with van der Waals surface area (Å²) in [6.45, 7) is 4.94. The molecule has 0 amide bonds. The van der Waals surface area contributed by atoms with Crippen molar-refractivity contribution in [2.45, 2.75) is 104 Å². The molecule has 0 aliphatic heterocycles. The summed E-state index contributed by atoms with van der Waals surface area (Å²) >= 11 is 0. The molecule has 134 valence electrons. The minimum absolute atomic E-state index is 0.388. The molecule has 0 aromatic rings. The van der Waals surface area contributed by atoms with Gasteiger partial charge in [-0.25, -0.2) is 0 Å². The molecule has 0 aromatic carbocycles. The van der Waals surface area contributed by atoms with Crippen molar-refractivity contribution >= 4 is 6.29 Å².